The molecule has 0 aliphatic rings. The zero-order chi connectivity index (χ0) is 14.1. The first kappa shape index (κ1) is 13.6. The summed E-state index contributed by atoms with van der Waals surface area (Å²) in [6.07, 6.45) is 0. The van der Waals surface area contributed by atoms with Crippen molar-refractivity contribution in [1.29, 1.82) is 0 Å². The molecule has 1 N–H and O–H groups in total. The van der Waals surface area contributed by atoms with E-state index >= 15 is 0 Å². The Balaban J connectivity index is 1.83. The lowest BCUT2D eigenvalue weighted by Crippen LogP contribution is -1.97. The van der Waals surface area contributed by atoms with Crippen LogP contribution in [-0.2, 0) is 6.61 Å². The van der Waals surface area contributed by atoms with Crippen molar-refractivity contribution in [1.82, 2.24) is 9.97 Å². The highest BCUT2D eigenvalue weighted by Crippen LogP contribution is 2.27. The van der Waals surface area contributed by atoms with Crippen LogP contribution in [0.5, 0.6) is 5.75 Å². The zero-order valence-electron chi connectivity index (χ0n) is 10.2. The monoisotopic (exact) mass is 326 g/mol. The maximum atomic E-state index is 6.02. The topological polar surface area (TPSA) is 37.9 Å². The standard InChI is InChI=1S/C14H9Cl3N2O/c15-8-3-1-2-4-13(8)20-7-14-18-11-5-9(16)10(17)6-12(11)19-14/h1-6H,7H2,(H,18,19). The summed E-state index contributed by atoms with van der Waals surface area (Å²) in [5, 5.41) is 1.53. The van der Waals surface area contributed by atoms with Crippen molar-refractivity contribution in [3.8, 4) is 5.75 Å². The molecule has 0 fully saturated rings. The predicted octanol–water partition coefficient (Wildman–Crippen LogP) is 5.10. The molecular formula is C14H9Cl3N2O. The molecule has 0 saturated carbocycles. The van der Waals surface area contributed by atoms with E-state index in [1.165, 1.54) is 0 Å². The highest BCUT2D eigenvalue weighted by atomic mass is 35.5. The van der Waals surface area contributed by atoms with Crippen molar-refractivity contribution in [3.05, 3.63) is 57.3 Å². The number of halogens is 3. The summed E-state index contributed by atoms with van der Waals surface area (Å²) in [5.41, 5.74) is 1.56. The van der Waals surface area contributed by atoms with E-state index in [0.717, 1.165) is 11.0 Å². The number of hydrogen-bond acceptors (Lipinski definition) is 2. The molecule has 0 spiro atoms. The number of ether oxygens (including phenoxy) is 1. The number of H-pyrrole nitrogens is 1. The van der Waals surface area contributed by atoms with Gasteiger partial charge < -0.3 is 9.72 Å². The molecule has 3 nitrogen and oxygen atoms in total. The number of nitrogens with zero attached hydrogens (tertiary/aromatic N) is 1. The summed E-state index contributed by atoms with van der Waals surface area (Å²) >= 11 is 17.9. The summed E-state index contributed by atoms with van der Waals surface area (Å²) < 4.78 is 5.62. The van der Waals surface area contributed by atoms with Crippen LogP contribution in [0.15, 0.2) is 36.4 Å². The van der Waals surface area contributed by atoms with Gasteiger partial charge in [0.05, 0.1) is 26.1 Å². The van der Waals surface area contributed by atoms with Crippen LogP contribution < -0.4 is 4.74 Å². The molecule has 6 heteroatoms. The molecule has 3 aromatic rings. The Hall–Kier alpha value is -1.42. The van der Waals surface area contributed by atoms with Gasteiger partial charge in [-0.3, -0.25) is 0 Å². The van der Waals surface area contributed by atoms with Crippen molar-refractivity contribution in [2.24, 2.45) is 0 Å². The average Bonchev–Trinajstić information content (AvgIpc) is 2.80. The number of imidazole rings is 1. The molecule has 0 aliphatic carbocycles. The van der Waals surface area contributed by atoms with Crippen LogP contribution in [0.2, 0.25) is 15.1 Å². The molecule has 0 bridgehead atoms. The molecule has 0 amide bonds. The number of aromatic amines is 1. The molecule has 0 atom stereocenters. The van der Waals surface area contributed by atoms with E-state index in [1.807, 2.05) is 12.1 Å². The van der Waals surface area contributed by atoms with Gasteiger partial charge in [0.25, 0.3) is 0 Å². The Bertz CT molecular complexity index is 731. The van der Waals surface area contributed by atoms with Crippen molar-refractivity contribution in [2.45, 2.75) is 6.61 Å². The van der Waals surface area contributed by atoms with E-state index in [0.29, 0.717) is 26.6 Å². The number of aromatic nitrogens is 2. The second-order valence-electron chi connectivity index (χ2n) is 4.19. The van der Waals surface area contributed by atoms with E-state index in [2.05, 4.69) is 9.97 Å². The van der Waals surface area contributed by atoms with Gasteiger partial charge in [0.2, 0.25) is 0 Å². The van der Waals surface area contributed by atoms with Gasteiger partial charge in [0, 0.05) is 0 Å². The van der Waals surface area contributed by atoms with Crippen molar-refractivity contribution >= 4 is 45.8 Å². The van der Waals surface area contributed by atoms with Crippen molar-refractivity contribution in [2.75, 3.05) is 0 Å². The lowest BCUT2D eigenvalue weighted by Gasteiger charge is -2.05. The normalized spacial score (nSPS) is 10.9. The molecule has 0 radical (unpaired) electrons. The highest BCUT2D eigenvalue weighted by Gasteiger charge is 2.08. The van der Waals surface area contributed by atoms with Crippen LogP contribution in [0, 0.1) is 0 Å². The third kappa shape index (κ3) is 2.70. The van der Waals surface area contributed by atoms with E-state index < -0.39 is 0 Å². The summed E-state index contributed by atoms with van der Waals surface area (Å²) in [5.74, 6) is 1.30. The quantitative estimate of drug-likeness (QED) is 0.726. The second-order valence-corrected chi connectivity index (χ2v) is 5.41. The van der Waals surface area contributed by atoms with E-state index in [-0.39, 0.29) is 6.61 Å². The van der Waals surface area contributed by atoms with Crippen LogP contribution in [0.25, 0.3) is 11.0 Å². The van der Waals surface area contributed by atoms with Crippen LogP contribution in [0.4, 0.5) is 0 Å². The van der Waals surface area contributed by atoms with Crippen molar-refractivity contribution in [3.63, 3.8) is 0 Å². The summed E-state index contributed by atoms with van der Waals surface area (Å²) in [7, 11) is 0. The Morgan fingerprint density at radius 3 is 2.55 bits per heavy atom. The molecular weight excluding hydrogens is 319 g/mol. The molecule has 0 unspecified atom stereocenters. The summed E-state index contributed by atoms with van der Waals surface area (Å²) in [6, 6.07) is 10.7. The first-order valence-electron chi connectivity index (χ1n) is 5.84. The number of rotatable bonds is 3. The van der Waals surface area contributed by atoms with Gasteiger partial charge in [0.15, 0.2) is 0 Å². The number of para-hydroxylation sites is 1. The minimum atomic E-state index is 0.285. The smallest absolute Gasteiger partial charge is 0.146 e. The average molecular weight is 328 g/mol. The minimum absolute atomic E-state index is 0.285. The Labute approximate surface area is 130 Å². The zero-order valence-corrected chi connectivity index (χ0v) is 12.4. The first-order valence-corrected chi connectivity index (χ1v) is 6.98. The first-order chi connectivity index (χ1) is 9.63. The Morgan fingerprint density at radius 2 is 1.75 bits per heavy atom. The maximum absolute atomic E-state index is 6.02. The molecule has 20 heavy (non-hydrogen) atoms. The van der Waals surface area contributed by atoms with Crippen molar-refractivity contribution < 1.29 is 4.74 Å². The third-order valence-corrected chi connectivity index (χ3v) is 3.81. The fourth-order valence-corrected chi connectivity index (χ4v) is 2.35. The Morgan fingerprint density at radius 1 is 1.00 bits per heavy atom. The minimum Gasteiger partial charge on any atom is -0.484 e. The van der Waals surface area contributed by atoms with Crippen LogP contribution in [-0.4, -0.2) is 9.97 Å². The van der Waals surface area contributed by atoms with Gasteiger partial charge >= 0.3 is 0 Å². The molecule has 2 aromatic carbocycles. The number of nitrogens with one attached hydrogen (secondary N) is 1. The summed E-state index contributed by atoms with van der Waals surface area (Å²) in [6.45, 7) is 0.285. The maximum Gasteiger partial charge on any atom is 0.146 e. The molecule has 1 aromatic heterocycles. The molecule has 1 heterocycles. The highest BCUT2D eigenvalue weighted by molar-refractivity contribution is 6.42. The van der Waals surface area contributed by atoms with Gasteiger partial charge in [-0.25, -0.2) is 4.98 Å². The number of fused-ring (bicyclic) bond motifs is 1. The molecule has 0 aliphatic heterocycles. The van der Waals surface area contributed by atoms with Crippen LogP contribution in [0.3, 0.4) is 0 Å². The van der Waals surface area contributed by atoms with E-state index in [4.69, 9.17) is 39.5 Å². The SMILES string of the molecule is Clc1cc2nc(COc3ccccc3Cl)[nH]c2cc1Cl. The fourth-order valence-electron chi connectivity index (χ4n) is 1.83. The van der Waals surface area contributed by atoms with E-state index in [1.54, 1.807) is 24.3 Å². The lowest BCUT2D eigenvalue weighted by atomic mass is 10.3. The summed E-state index contributed by atoms with van der Waals surface area (Å²) in [4.78, 5) is 7.52. The van der Waals surface area contributed by atoms with Crippen LogP contribution in [0.1, 0.15) is 5.82 Å². The van der Waals surface area contributed by atoms with Crippen LogP contribution >= 0.6 is 34.8 Å². The largest absolute Gasteiger partial charge is 0.484 e. The lowest BCUT2D eigenvalue weighted by molar-refractivity contribution is 0.298. The number of hydrogen-bond donors (Lipinski definition) is 1. The van der Waals surface area contributed by atoms with Gasteiger partial charge in [-0.2, -0.15) is 0 Å². The van der Waals surface area contributed by atoms with Gasteiger partial charge in [-0.05, 0) is 24.3 Å². The van der Waals surface area contributed by atoms with Gasteiger partial charge in [-0.15, -0.1) is 0 Å². The predicted molar refractivity (Wildman–Crippen MR) is 81.9 cm³/mol. The van der Waals surface area contributed by atoms with E-state index in [9.17, 15) is 0 Å². The number of benzene rings is 2. The Kier molecular flexibility index (Phi) is 3.74. The molecule has 0 saturated heterocycles. The van der Waals surface area contributed by atoms with Gasteiger partial charge in [-0.1, -0.05) is 46.9 Å². The second kappa shape index (κ2) is 5.52. The molecule has 102 valence electrons. The fraction of sp³-hybridized carbons (Fsp3) is 0.0714. The molecule has 3 rings (SSSR count). The van der Waals surface area contributed by atoms with Gasteiger partial charge in [0.1, 0.15) is 18.2 Å². The third-order valence-electron chi connectivity index (χ3n) is 2.77.